The first-order chi connectivity index (χ1) is 13.6. The number of phenols is 2. The van der Waals surface area contributed by atoms with Crippen molar-refractivity contribution in [1.82, 2.24) is 9.88 Å². The zero-order valence-corrected chi connectivity index (χ0v) is 15.9. The van der Waals surface area contributed by atoms with Crippen LogP contribution in [0.2, 0.25) is 0 Å². The Balaban J connectivity index is 1.48. The average molecular weight is 376 g/mol. The number of methoxy groups -OCH3 is 1. The summed E-state index contributed by atoms with van der Waals surface area (Å²) >= 11 is 0. The molecule has 1 aliphatic heterocycles. The van der Waals surface area contributed by atoms with E-state index >= 15 is 0 Å². The fourth-order valence-corrected chi connectivity index (χ4v) is 3.87. The van der Waals surface area contributed by atoms with E-state index in [1.165, 1.54) is 5.56 Å². The summed E-state index contributed by atoms with van der Waals surface area (Å²) in [5, 5.41) is 20.1. The minimum absolute atomic E-state index is 0.225. The molecule has 2 heterocycles. The minimum Gasteiger partial charge on any atom is -0.508 e. The van der Waals surface area contributed by atoms with Crippen molar-refractivity contribution in [2.45, 2.75) is 18.9 Å². The number of rotatable bonds is 5. The van der Waals surface area contributed by atoms with E-state index in [1.807, 2.05) is 30.5 Å². The van der Waals surface area contributed by atoms with Crippen LogP contribution >= 0.6 is 0 Å². The van der Waals surface area contributed by atoms with Crippen LogP contribution in [-0.4, -0.2) is 40.3 Å². The van der Waals surface area contributed by atoms with Gasteiger partial charge in [0.25, 0.3) is 0 Å². The predicted molar refractivity (Wildman–Crippen MR) is 109 cm³/mol. The molecule has 1 atom stereocenters. The van der Waals surface area contributed by atoms with Gasteiger partial charge in [0.05, 0.1) is 12.8 Å². The first kappa shape index (κ1) is 18.3. The summed E-state index contributed by atoms with van der Waals surface area (Å²) in [5.74, 6) is 1.41. The van der Waals surface area contributed by atoms with E-state index in [1.54, 1.807) is 25.3 Å². The molecular weight excluding hydrogens is 352 g/mol. The molecule has 1 saturated heterocycles. The lowest BCUT2D eigenvalue weighted by Crippen LogP contribution is -2.19. The molecular formula is C23H24N2O3. The molecule has 0 amide bonds. The van der Waals surface area contributed by atoms with Gasteiger partial charge in [0.2, 0.25) is 0 Å². The van der Waals surface area contributed by atoms with E-state index in [4.69, 9.17) is 4.74 Å². The number of phenolic OH excluding ortho intramolecular Hbond substituents is 2. The van der Waals surface area contributed by atoms with Gasteiger partial charge in [-0.15, -0.1) is 0 Å². The average Bonchev–Trinajstić information content (AvgIpc) is 3.18. The maximum Gasteiger partial charge on any atom is 0.162 e. The fraction of sp³-hybridized carbons (Fsp3) is 0.261. The van der Waals surface area contributed by atoms with Gasteiger partial charge in [0, 0.05) is 30.4 Å². The van der Waals surface area contributed by atoms with Crippen LogP contribution in [0.5, 0.6) is 17.2 Å². The summed E-state index contributed by atoms with van der Waals surface area (Å²) in [6, 6.07) is 17.0. The lowest BCUT2D eigenvalue weighted by Gasteiger charge is -2.18. The predicted octanol–water partition coefficient (Wildman–Crippen LogP) is 4.16. The number of hydrogen-bond donors (Lipinski definition) is 2. The Bertz CT molecular complexity index is 974. The monoisotopic (exact) mass is 376 g/mol. The molecule has 1 fully saturated rings. The lowest BCUT2D eigenvalue weighted by atomic mass is 9.97. The summed E-state index contributed by atoms with van der Waals surface area (Å²) in [7, 11) is 1.57. The molecule has 0 unspecified atom stereocenters. The van der Waals surface area contributed by atoms with Crippen molar-refractivity contribution in [1.29, 1.82) is 0 Å². The summed E-state index contributed by atoms with van der Waals surface area (Å²) in [4.78, 5) is 6.82. The highest BCUT2D eigenvalue weighted by Crippen LogP contribution is 2.34. The number of pyridine rings is 1. The molecule has 0 bridgehead atoms. The van der Waals surface area contributed by atoms with Gasteiger partial charge < -0.3 is 14.9 Å². The van der Waals surface area contributed by atoms with Gasteiger partial charge in [-0.3, -0.25) is 9.88 Å². The number of aromatic hydroxyl groups is 2. The molecule has 5 nitrogen and oxygen atoms in total. The van der Waals surface area contributed by atoms with Crippen LogP contribution in [0.4, 0.5) is 0 Å². The van der Waals surface area contributed by atoms with Gasteiger partial charge in [0.15, 0.2) is 11.5 Å². The van der Waals surface area contributed by atoms with Crippen molar-refractivity contribution < 1.29 is 14.9 Å². The van der Waals surface area contributed by atoms with Gasteiger partial charge in [-0.05, 0) is 54.8 Å². The highest BCUT2D eigenvalue weighted by Gasteiger charge is 2.25. The van der Waals surface area contributed by atoms with E-state index in [2.05, 4.69) is 22.0 Å². The van der Waals surface area contributed by atoms with Crippen molar-refractivity contribution in [3.63, 3.8) is 0 Å². The normalized spacial score (nSPS) is 17.0. The van der Waals surface area contributed by atoms with Crippen LogP contribution in [0.15, 0.2) is 60.8 Å². The number of hydrogen-bond acceptors (Lipinski definition) is 5. The van der Waals surface area contributed by atoms with Gasteiger partial charge in [0.1, 0.15) is 5.75 Å². The van der Waals surface area contributed by atoms with Crippen LogP contribution in [0.1, 0.15) is 23.5 Å². The molecule has 0 aliphatic carbocycles. The first-order valence-corrected chi connectivity index (χ1v) is 9.46. The molecule has 0 radical (unpaired) electrons. The molecule has 2 aromatic carbocycles. The highest BCUT2D eigenvalue weighted by molar-refractivity contribution is 5.61. The summed E-state index contributed by atoms with van der Waals surface area (Å²) in [5.41, 5.74) is 3.93. The molecule has 3 aromatic rings. The van der Waals surface area contributed by atoms with E-state index < -0.39 is 0 Å². The second-order valence-corrected chi connectivity index (χ2v) is 7.21. The lowest BCUT2D eigenvalue weighted by molar-refractivity contribution is 0.314. The van der Waals surface area contributed by atoms with Crippen LogP contribution in [-0.2, 0) is 6.54 Å². The summed E-state index contributed by atoms with van der Waals surface area (Å²) in [6.45, 7) is 2.61. The zero-order valence-electron chi connectivity index (χ0n) is 15.9. The first-order valence-electron chi connectivity index (χ1n) is 9.46. The Morgan fingerprint density at radius 3 is 2.79 bits per heavy atom. The van der Waals surface area contributed by atoms with E-state index in [0.29, 0.717) is 18.2 Å². The fourth-order valence-electron chi connectivity index (χ4n) is 3.87. The Labute approximate surface area is 164 Å². The largest absolute Gasteiger partial charge is 0.508 e. The Kier molecular flexibility index (Phi) is 5.17. The van der Waals surface area contributed by atoms with Crippen molar-refractivity contribution in [3.8, 4) is 28.5 Å². The molecule has 0 spiro atoms. The summed E-state index contributed by atoms with van der Waals surface area (Å²) in [6.07, 6.45) is 2.90. The summed E-state index contributed by atoms with van der Waals surface area (Å²) < 4.78 is 5.21. The van der Waals surface area contributed by atoms with Crippen LogP contribution < -0.4 is 4.74 Å². The van der Waals surface area contributed by atoms with E-state index in [9.17, 15) is 10.2 Å². The molecule has 5 heteroatoms. The molecule has 144 valence electrons. The smallest absolute Gasteiger partial charge is 0.162 e. The number of para-hydroxylation sites is 1. The third-order valence-electron chi connectivity index (χ3n) is 5.37. The number of ether oxygens (including phenoxy) is 1. The molecule has 2 N–H and O–H groups in total. The number of nitrogens with zero attached hydrogens (tertiary/aromatic N) is 2. The SMILES string of the molecule is COc1cccc(CN2CC[C@@H](c3ccnc(-c4cccc(O)c4)c3)C2)c1O. The standard InChI is InChI=1S/C23H24N2O3/c1-28-22-7-3-5-19(23(22)27)15-25-11-9-18(14-25)16-8-10-24-21(13-16)17-4-2-6-20(26)12-17/h2-8,10,12-13,18,26-27H,9,11,14-15H2,1H3/t18-/m1/s1. The Hall–Kier alpha value is -3.05. The Morgan fingerprint density at radius 2 is 1.96 bits per heavy atom. The maximum atomic E-state index is 10.3. The van der Waals surface area contributed by atoms with E-state index in [-0.39, 0.29) is 11.5 Å². The third-order valence-corrected chi connectivity index (χ3v) is 5.37. The number of likely N-dealkylation sites (tertiary alicyclic amines) is 1. The maximum absolute atomic E-state index is 10.3. The topological polar surface area (TPSA) is 65.8 Å². The highest BCUT2D eigenvalue weighted by atomic mass is 16.5. The molecule has 1 aliphatic rings. The van der Waals surface area contributed by atoms with Gasteiger partial charge in [-0.2, -0.15) is 0 Å². The molecule has 1 aromatic heterocycles. The van der Waals surface area contributed by atoms with Crippen molar-refractivity contribution >= 4 is 0 Å². The molecule has 0 saturated carbocycles. The van der Waals surface area contributed by atoms with Gasteiger partial charge in [-0.25, -0.2) is 0 Å². The second-order valence-electron chi connectivity index (χ2n) is 7.21. The quantitative estimate of drug-likeness (QED) is 0.700. The van der Waals surface area contributed by atoms with E-state index in [0.717, 1.165) is 36.3 Å². The number of aromatic nitrogens is 1. The van der Waals surface area contributed by atoms with Gasteiger partial charge in [-0.1, -0.05) is 24.3 Å². The minimum atomic E-state index is 0.225. The second kappa shape index (κ2) is 7.90. The van der Waals surface area contributed by atoms with Crippen molar-refractivity contribution in [3.05, 3.63) is 71.9 Å². The van der Waals surface area contributed by atoms with Crippen LogP contribution in [0, 0.1) is 0 Å². The molecule has 4 rings (SSSR count). The van der Waals surface area contributed by atoms with Gasteiger partial charge >= 0.3 is 0 Å². The zero-order chi connectivity index (χ0) is 19.5. The van der Waals surface area contributed by atoms with Crippen molar-refractivity contribution in [2.75, 3.05) is 20.2 Å². The third kappa shape index (κ3) is 3.80. The molecule has 28 heavy (non-hydrogen) atoms. The Morgan fingerprint density at radius 1 is 1.11 bits per heavy atom. The van der Waals surface area contributed by atoms with Crippen LogP contribution in [0.3, 0.4) is 0 Å². The van der Waals surface area contributed by atoms with Crippen molar-refractivity contribution in [2.24, 2.45) is 0 Å². The van der Waals surface area contributed by atoms with Crippen LogP contribution in [0.25, 0.3) is 11.3 Å². The number of benzene rings is 2.